The minimum atomic E-state index is -0.364. The Morgan fingerprint density at radius 3 is 2.60 bits per heavy atom. The van der Waals surface area contributed by atoms with Crippen molar-refractivity contribution >= 4 is 11.6 Å². The summed E-state index contributed by atoms with van der Waals surface area (Å²) in [4.78, 5) is 0. The predicted octanol–water partition coefficient (Wildman–Crippen LogP) is 2.14. The second-order valence-electron chi connectivity index (χ2n) is 1.59. The van der Waals surface area contributed by atoms with Crippen LogP contribution in [0.2, 0.25) is 0 Å². The van der Waals surface area contributed by atoms with Crippen LogP contribution in [-0.2, 0) is 9.47 Å². The lowest BCUT2D eigenvalue weighted by Gasteiger charge is -2.02. The van der Waals surface area contributed by atoms with E-state index in [0.717, 1.165) is 0 Å². The Bertz CT molecular complexity index is 93.6. The molecule has 0 spiro atoms. The fourth-order valence-corrected chi connectivity index (χ4v) is 0.614. The van der Waals surface area contributed by atoms with Crippen LogP contribution >= 0.6 is 11.6 Å². The smallest absolute Gasteiger partial charge is 0.153 e. The Hall–Kier alpha value is -0.210. The fraction of sp³-hybridized carbons (Fsp3) is 0.714. The van der Waals surface area contributed by atoms with Gasteiger partial charge in [0.05, 0.1) is 12.9 Å². The molecule has 0 N–H and O–H groups in total. The van der Waals surface area contributed by atoms with E-state index in [0.29, 0.717) is 13.2 Å². The lowest BCUT2D eigenvalue weighted by molar-refractivity contribution is 0.146. The van der Waals surface area contributed by atoms with E-state index in [-0.39, 0.29) is 5.56 Å². The van der Waals surface area contributed by atoms with Crippen LogP contribution in [0, 0.1) is 0 Å². The predicted molar refractivity (Wildman–Crippen MR) is 42.0 cm³/mol. The molecule has 0 aromatic rings. The molecule has 1 unspecified atom stereocenters. The fourth-order valence-electron chi connectivity index (χ4n) is 0.428. The SMILES string of the molecule is CCOC=CC(Cl)OCC. The number of rotatable bonds is 5. The average Bonchev–Trinajstić information content (AvgIpc) is 1.89. The van der Waals surface area contributed by atoms with Gasteiger partial charge in [0.25, 0.3) is 0 Å². The van der Waals surface area contributed by atoms with Crippen LogP contribution in [0.25, 0.3) is 0 Å². The molecule has 3 heteroatoms. The molecule has 0 aliphatic carbocycles. The van der Waals surface area contributed by atoms with Gasteiger partial charge in [-0.3, -0.25) is 0 Å². The lowest BCUT2D eigenvalue weighted by Crippen LogP contribution is -2.00. The number of ether oxygens (including phenoxy) is 2. The summed E-state index contributed by atoms with van der Waals surface area (Å²) in [6, 6.07) is 0. The van der Waals surface area contributed by atoms with E-state index in [1.54, 1.807) is 12.3 Å². The van der Waals surface area contributed by atoms with Crippen LogP contribution in [0.15, 0.2) is 12.3 Å². The highest BCUT2D eigenvalue weighted by Gasteiger charge is 1.94. The highest BCUT2D eigenvalue weighted by molar-refractivity contribution is 6.20. The van der Waals surface area contributed by atoms with E-state index < -0.39 is 0 Å². The highest BCUT2D eigenvalue weighted by Crippen LogP contribution is 1.99. The second-order valence-corrected chi connectivity index (χ2v) is 2.02. The van der Waals surface area contributed by atoms with Gasteiger partial charge >= 0.3 is 0 Å². The molecule has 0 radical (unpaired) electrons. The van der Waals surface area contributed by atoms with E-state index in [2.05, 4.69) is 0 Å². The molecule has 0 aromatic heterocycles. The summed E-state index contributed by atoms with van der Waals surface area (Å²) in [5, 5.41) is 0. The van der Waals surface area contributed by atoms with Crippen molar-refractivity contribution in [2.45, 2.75) is 19.4 Å². The third-order valence-corrected chi connectivity index (χ3v) is 1.09. The zero-order chi connectivity index (χ0) is 7.82. The van der Waals surface area contributed by atoms with Gasteiger partial charge in [-0.25, -0.2) is 0 Å². The molecule has 10 heavy (non-hydrogen) atoms. The van der Waals surface area contributed by atoms with Gasteiger partial charge in [-0.2, -0.15) is 0 Å². The maximum Gasteiger partial charge on any atom is 0.153 e. The number of alkyl halides is 1. The Kier molecular flexibility index (Phi) is 6.76. The Balaban J connectivity index is 3.26. The van der Waals surface area contributed by atoms with Crippen molar-refractivity contribution in [3.05, 3.63) is 12.3 Å². The summed E-state index contributed by atoms with van der Waals surface area (Å²) in [5.74, 6) is 0. The molecule has 0 heterocycles. The molecule has 2 nitrogen and oxygen atoms in total. The van der Waals surface area contributed by atoms with E-state index in [1.165, 1.54) is 0 Å². The first-order valence-electron chi connectivity index (χ1n) is 3.35. The first-order chi connectivity index (χ1) is 4.81. The molecule has 0 aromatic carbocycles. The summed E-state index contributed by atoms with van der Waals surface area (Å²) >= 11 is 5.63. The van der Waals surface area contributed by atoms with Crippen molar-refractivity contribution in [2.75, 3.05) is 13.2 Å². The maximum absolute atomic E-state index is 5.63. The Morgan fingerprint density at radius 1 is 1.40 bits per heavy atom. The van der Waals surface area contributed by atoms with Crippen molar-refractivity contribution in [1.29, 1.82) is 0 Å². The van der Waals surface area contributed by atoms with Crippen LogP contribution in [0.1, 0.15) is 13.8 Å². The first kappa shape index (κ1) is 9.79. The van der Waals surface area contributed by atoms with Gasteiger partial charge in [-0.1, -0.05) is 11.6 Å². The summed E-state index contributed by atoms with van der Waals surface area (Å²) in [7, 11) is 0. The molecule has 60 valence electrons. The zero-order valence-electron chi connectivity index (χ0n) is 6.34. The molecular formula is C7H13ClO2. The number of halogens is 1. The van der Waals surface area contributed by atoms with Gasteiger partial charge in [0.2, 0.25) is 0 Å². The molecule has 0 fully saturated rings. The molecule has 0 aliphatic rings. The number of hydrogen-bond acceptors (Lipinski definition) is 2. The molecule has 0 amide bonds. The molecule has 0 rings (SSSR count). The third-order valence-electron chi connectivity index (χ3n) is 0.819. The molecule has 0 saturated heterocycles. The van der Waals surface area contributed by atoms with Crippen molar-refractivity contribution in [1.82, 2.24) is 0 Å². The van der Waals surface area contributed by atoms with Gasteiger partial charge in [0, 0.05) is 6.61 Å². The minimum Gasteiger partial charge on any atom is -0.502 e. The van der Waals surface area contributed by atoms with Gasteiger partial charge in [0.15, 0.2) is 5.56 Å². The zero-order valence-corrected chi connectivity index (χ0v) is 7.10. The van der Waals surface area contributed by atoms with Gasteiger partial charge < -0.3 is 9.47 Å². The Labute approximate surface area is 66.8 Å². The summed E-state index contributed by atoms with van der Waals surface area (Å²) in [6.07, 6.45) is 3.21. The lowest BCUT2D eigenvalue weighted by atomic mass is 10.6. The standard InChI is InChI=1S/C7H13ClO2/c1-3-9-6-5-7(8)10-4-2/h5-7H,3-4H2,1-2H3. The van der Waals surface area contributed by atoms with Crippen molar-refractivity contribution in [3.63, 3.8) is 0 Å². The first-order valence-corrected chi connectivity index (χ1v) is 3.78. The third kappa shape index (κ3) is 5.92. The monoisotopic (exact) mass is 164 g/mol. The quantitative estimate of drug-likeness (QED) is 0.458. The summed E-state index contributed by atoms with van der Waals surface area (Å²) in [5.41, 5.74) is -0.364. The number of hydrogen-bond donors (Lipinski definition) is 0. The van der Waals surface area contributed by atoms with Crippen molar-refractivity contribution in [2.24, 2.45) is 0 Å². The van der Waals surface area contributed by atoms with Crippen LogP contribution in [-0.4, -0.2) is 18.8 Å². The molecule has 1 atom stereocenters. The molecule has 0 aliphatic heterocycles. The maximum atomic E-state index is 5.63. The molecule has 0 saturated carbocycles. The summed E-state index contributed by atoms with van der Waals surface area (Å²) < 4.78 is 9.89. The normalized spacial score (nSPS) is 13.9. The van der Waals surface area contributed by atoms with Crippen LogP contribution in [0.3, 0.4) is 0 Å². The van der Waals surface area contributed by atoms with Gasteiger partial charge in [-0.05, 0) is 19.9 Å². The van der Waals surface area contributed by atoms with E-state index >= 15 is 0 Å². The van der Waals surface area contributed by atoms with Gasteiger partial charge in [-0.15, -0.1) is 0 Å². The van der Waals surface area contributed by atoms with Crippen molar-refractivity contribution < 1.29 is 9.47 Å². The van der Waals surface area contributed by atoms with E-state index in [1.807, 2.05) is 13.8 Å². The largest absolute Gasteiger partial charge is 0.502 e. The molecular weight excluding hydrogens is 152 g/mol. The highest BCUT2D eigenvalue weighted by atomic mass is 35.5. The van der Waals surface area contributed by atoms with Crippen LogP contribution < -0.4 is 0 Å². The van der Waals surface area contributed by atoms with E-state index in [9.17, 15) is 0 Å². The Morgan fingerprint density at radius 2 is 2.10 bits per heavy atom. The topological polar surface area (TPSA) is 18.5 Å². The second kappa shape index (κ2) is 6.90. The van der Waals surface area contributed by atoms with Gasteiger partial charge in [0.1, 0.15) is 0 Å². The van der Waals surface area contributed by atoms with Crippen LogP contribution in [0.4, 0.5) is 0 Å². The van der Waals surface area contributed by atoms with Crippen LogP contribution in [0.5, 0.6) is 0 Å². The summed E-state index contributed by atoms with van der Waals surface area (Å²) in [6.45, 7) is 5.08. The molecule has 0 bridgehead atoms. The average molecular weight is 165 g/mol. The minimum absolute atomic E-state index is 0.364. The van der Waals surface area contributed by atoms with E-state index in [4.69, 9.17) is 21.1 Å². The van der Waals surface area contributed by atoms with Crippen molar-refractivity contribution in [3.8, 4) is 0 Å².